The zero-order valence-electron chi connectivity index (χ0n) is 12.3. The average molecular weight is 290 g/mol. The molecule has 3 nitrogen and oxygen atoms in total. The first-order valence-electron chi connectivity index (χ1n) is 7.69. The lowest BCUT2D eigenvalue weighted by molar-refractivity contribution is -0.122. The Balaban J connectivity index is 2.13. The van der Waals surface area contributed by atoms with Crippen molar-refractivity contribution >= 4 is 17.5 Å². The van der Waals surface area contributed by atoms with Crippen LogP contribution in [0.5, 0.6) is 0 Å². The average Bonchev–Trinajstić information content (AvgIpc) is 2.45. The van der Waals surface area contributed by atoms with E-state index in [0.29, 0.717) is 18.9 Å². The predicted octanol–water partition coefficient (Wildman–Crippen LogP) is 3.50. The lowest BCUT2D eigenvalue weighted by Crippen LogP contribution is -2.33. The van der Waals surface area contributed by atoms with Crippen molar-refractivity contribution in [2.75, 3.05) is 13.2 Å². The number of alkyl halides is 1. The zero-order chi connectivity index (χ0) is 14.1. The largest absolute Gasteiger partial charge is 0.378 e. The molecule has 1 aliphatic heterocycles. The molecule has 1 amide bonds. The molecule has 0 saturated carbocycles. The maximum absolute atomic E-state index is 11.8. The van der Waals surface area contributed by atoms with Crippen LogP contribution in [0.3, 0.4) is 0 Å². The first kappa shape index (κ1) is 16.8. The molecule has 1 fully saturated rings. The first-order chi connectivity index (χ1) is 9.17. The van der Waals surface area contributed by atoms with Gasteiger partial charge in [-0.15, -0.1) is 11.6 Å². The van der Waals surface area contributed by atoms with Gasteiger partial charge in [0.15, 0.2) is 0 Å². The van der Waals surface area contributed by atoms with E-state index in [1.807, 2.05) is 0 Å². The van der Waals surface area contributed by atoms with E-state index in [4.69, 9.17) is 16.3 Å². The highest BCUT2D eigenvalue weighted by Gasteiger charge is 2.18. The minimum Gasteiger partial charge on any atom is -0.378 e. The maximum Gasteiger partial charge on any atom is 0.220 e. The van der Waals surface area contributed by atoms with Crippen molar-refractivity contribution in [3.8, 4) is 0 Å². The van der Waals surface area contributed by atoms with E-state index in [0.717, 1.165) is 38.7 Å². The SMILES string of the molecule is CCC(CC)C(Cl)CNC(=O)CCC1CCCCO1. The van der Waals surface area contributed by atoms with Gasteiger partial charge in [0, 0.05) is 19.6 Å². The molecule has 0 spiro atoms. The second-order valence-electron chi connectivity index (χ2n) is 5.42. The molecule has 112 valence electrons. The number of ether oxygens (including phenoxy) is 1. The van der Waals surface area contributed by atoms with E-state index in [1.165, 1.54) is 6.42 Å². The fourth-order valence-corrected chi connectivity index (χ4v) is 3.03. The summed E-state index contributed by atoms with van der Waals surface area (Å²) >= 11 is 6.30. The molecule has 2 atom stereocenters. The fraction of sp³-hybridized carbons (Fsp3) is 0.933. The molecule has 0 aliphatic carbocycles. The maximum atomic E-state index is 11.8. The van der Waals surface area contributed by atoms with Crippen LogP contribution in [0, 0.1) is 5.92 Å². The van der Waals surface area contributed by atoms with E-state index in [2.05, 4.69) is 19.2 Å². The van der Waals surface area contributed by atoms with Crippen LogP contribution in [-0.4, -0.2) is 30.5 Å². The van der Waals surface area contributed by atoms with E-state index >= 15 is 0 Å². The molecular formula is C15H28ClNO2. The molecule has 0 aromatic carbocycles. The van der Waals surface area contributed by atoms with Gasteiger partial charge in [-0.05, 0) is 31.6 Å². The van der Waals surface area contributed by atoms with Gasteiger partial charge in [-0.2, -0.15) is 0 Å². The molecule has 0 radical (unpaired) electrons. The van der Waals surface area contributed by atoms with Crippen molar-refractivity contribution in [3.05, 3.63) is 0 Å². The number of nitrogens with one attached hydrogen (secondary N) is 1. The molecule has 0 bridgehead atoms. The number of carbonyl (C=O) groups excluding carboxylic acids is 1. The third-order valence-electron chi connectivity index (χ3n) is 4.02. The lowest BCUT2D eigenvalue weighted by atomic mass is 9.99. The van der Waals surface area contributed by atoms with Gasteiger partial charge in [0.05, 0.1) is 11.5 Å². The van der Waals surface area contributed by atoms with Gasteiger partial charge in [-0.1, -0.05) is 26.7 Å². The van der Waals surface area contributed by atoms with Crippen LogP contribution >= 0.6 is 11.6 Å². The van der Waals surface area contributed by atoms with Crippen LogP contribution in [0.4, 0.5) is 0 Å². The summed E-state index contributed by atoms with van der Waals surface area (Å²) in [6.07, 6.45) is 7.29. The normalized spacial score (nSPS) is 21.4. The highest BCUT2D eigenvalue weighted by atomic mass is 35.5. The topological polar surface area (TPSA) is 38.3 Å². The molecular weight excluding hydrogens is 262 g/mol. The van der Waals surface area contributed by atoms with E-state index in [-0.39, 0.29) is 17.4 Å². The van der Waals surface area contributed by atoms with Gasteiger partial charge < -0.3 is 10.1 Å². The Morgan fingerprint density at radius 2 is 2.11 bits per heavy atom. The molecule has 1 rings (SSSR count). The molecule has 4 heteroatoms. The molecule has 0 aromatic rings. The van der Waals surface area contributed by atoms with Crippen LogP contribution in [0.15, 0.2) is 0 Å². The van der Waals surface area contributed by atoms with Crippen molar-refractivity contribution in [1.29, 1.82) is 0 Å². The van der Waals surface area contributed by atoms with Crippen molar-refractivity contribution < 1.29 is 9.53 Å². The minimum atomic E-state index is 0.0462. The highest BCUT2D eigenvalue weighted by Crippen LogP contribution is 2.18. The van der Waals surface area contributed by atoms with Crippen molar-refractivity contribution in [1.82, 2.24) is 5.32 Å². The Kier molecular flexibility index (Phi) is 8.47. The summed E-state index contributed by atoms with van der Waals surface area (Å²) in [6.45, 7) is 5.72. The summed E-state index contributed by atoms with van der Waals surface area (Å²) in [5, 5.41) is 2.99. The summed E-state index contributed by atoms with van der Waals surface area (Å²) in [5.41, 5.74) is 0. The molecule has 19 heavy (non-hydrogen) atoms. The minimum absolute atomic E-state index is 0.0462. The molecule has 1 N–H and O–H groups in total. The molecule has 1 saturated heterocycles. The number of amides is 1. The number of rotatable bonds is 8. The Bertz CT molecular complexity index is 251. The van der Waals surface area contributed by atoms with Crippen molar-refractivity contribution in [3.63, 3.8) is 0 Å². The molecule has 1 aliphatic rings. The first-order valence-corrected chi connectivity index (χ1v) is 8.13. The zero-order valence-corrected chi connectivity index (χ0v) is 13.0. The van der Waals surface area contributed by atoms with Crippen LogP contribution in [0.2, 0.25) is 0 Å². The van der Waals surface area contributed by atoms with E-state index < -0.39 is 0 Å². The predicted molar refractivity (Wildman–Crippen MR) is 79.5 cm³/mol. The quantitative estimate of drug-likeness (QED) is 0.695. The van der Waals surface area contributed by atoms with Crippen molar-refractivity contribution in [2.45, 2.75) is 70.3 Å². The van der Waals surface area contributed by atoms with Gasteiger partial charge in [-0.3, -0.25) is 4.79 Å². The summed E-state index contributed by atoms with van der Waals surface area (Å²) in [5.74, 6) is 0.592. The van der Waals surface area contributed by atoms with Gasteiger partial charge >= 0.3 is 0 Å². The van der Waals surface area contributed by atoms with Crippen LogP contribution in [0.1, 0.15) is 58.8 Å². The number of hydrogen-bond acceptors (Lipinski definition) is 2. The lowest BCUT2D eigenvalue weighted by Gasteiger charge is -2.22. The summed E-state index contributed by atoms with van der Waals surface area (Å²) in [4.78, 5) is 11.8. The summed E-state index contributed by atoms with van der Waals surface area (Å²) in [7, 11) is 0. The summed E-state index contributed by atoms with van der Waals surface area (Å²) in [6, 6.07) is 0. The van der Waals surface area contributed by atoms with Gasteiger partial charge in [0.2, 0.25) is 5.91 Å². The Morgan fingerprint density at radius 1 is 1.37 bits per heavy atom. The second-order valence-corrected chi connectivity index (χ2v) is 5.98. The summed E-state index contributed by atoms with van der Waals surface area (Å²) < 4.78 is 5.62. The second kappa shape index (κ2) is 9.60. The Morgan fingerprint density at radius 3 is 2.68 bits per heavy atom. The smallest absolute Gasteiger partial charge is 0.220 e. The fourth-order valence-electron chi connectivity index (χ4n) is 2.59. The van der Waals surface area contributed by atoms with Crippen LogP contribution in [0.25, 0.3) is 0 Å². The number of carbonyl (C=O) groups is 1. The number of halogens is 1. The standard InChI is InChI=1S/C15H28ClNO2/c1-3-12(4-2)14(16)11-17-15(18)9-8-13-7-5-6-10-19-13/h12-14H,3-11H2,1-2H3,(H,17,18). The van der Waals surface area contributed by atoms with Gasteiger partial charge in [-0.25, -0.2) is 0 Å². The van der Waals surface area contributed by atoms with E-state index in [1.54, 1.807) is 0 Å². The monoisotopic (exact) mass is 289 g/mol. The van der Waals surface area contributed by atoms with Crippen LogP contribution < -0.4 is 5.32 Å². The van der Waals surface area contributed by atoms with Gasteiger partial charge in [0.25, 0.3) is 0 Å². The number of hydrogen-bond donors (Lipinski definition) is 1. The van der Waals surface area contributed by atoms with Gasteiger partial charge in [0.1, 0.15) is 0 Å². The molecule has 0 aromatic heterocycles. The van der Waals surface area contributed by atoms with Crippen LogP contribution in [-0.2, 0) is 9.53 Å². The molecule has 2 unspecified atom stereocenters. The third-order valence-corrected chi connectivity index (χ3v) is 4.53. The Labute approximate surface area is 122 Å². The third kappa shape index (κ3) is 6.62. The Hall–Kier alpha value is -0.280. The highest BCUT2D eigenvalue weighted by molar-refractivity contribution is 6.21. The molecule has 1 heterocycles. The van der Waals surface area contributed by atoms with E-state index in [9.17, 15) is 4.79 Å². The van der Waals surface area contributed by atoms with Crippen molar-refractivity contribution in [2.24, 2.45) is 5.92 Å².